The normalized spacial score (nSPS) is 12.8. The zero-order valence-electron chi connectivity index (χ0n) is 9.75. The number of fused-ring (bicyclic) bond motifs is 1. The number of benzene rings is 1. The molecule has 0 aliphatic rings. The Morgan fingerprint density at radius 3 is 2.94 bits per heavy atom. The zero-order chi connectivity index (χ0) is 12.5. The third-order valence-electron chi connectivity index (χ3n) is 2.67. The number of thiazole rings is 1. The van der Waals surface area contributed by atoms with Crippen molar-refractivity contribution in [1.29, 1.82) is 0 Å². The van der Waals surface area contributed by atoms with Crippen molar-refractivity contribution in [3.05, 3.63) is 45.6 Å². The van der Waals surface area contributed by atoms with Crippen LogP contribution in [0.25, 0.3) is 10.2 Å². The molecule has 1 unspecified atom stereocenters. The van der Waals surface area contributed by atoms with E-state index in [-0.39, 0.29) is 5.37 Å². The van der Waals surface area contributed by atoms with Crippen molar-refractivity contribution in [3.8, 4) is 0 Å². The number of aromatic nitrogens is 1. The van der Waals surface area contributed by atoms with Crippen LogP contribution in [0.5, 0.6) is 0 Å². The standard InChI is InChI=1S/C13H12N2S3/c1-8-2-5-11(18-8)13(16)15-9-3-4-10-12(6-9)17-7-14-10/h2-7,13,15-16H,1H3. The van der Waals surface area contributed by atoms with E-state index in [9.17, 15) is 0 Å². The molecule has 2 heterocycles. The second-order valence-corrected chi connectivity index (χ2v) is 6.75. The first-order valence-corrected chi connectivity index (χ1v) is 7.78. The van der Waals surface area contributed by atoms with E-state index in [2.05, 4.69) is 48.1 Å². The van der Waals surface area contributed by atoms with Gasteiger partial charge < -0.3 is 5.32 Å². The molecule has 2 aromatic heterocycles. The van der Waals surface area contributed by atoms with Crippen LogP contribution in [0.3, 0.4) is 0 Å². The Morgan fingerprint density at radius 2 is 2.17 bits per heavy atom. The number of hydrogen-bond acceptors (Lipinski definition) is 5. The van der Waals surface area contributed by atoms with Crippen LogP contribution < -0.4 is 5.32 Å². The maximum absolute atomic E-state index is 4.61. The molecule has 0 aliphatic heterocycles. The van der Waals surface area contributed by atoms with Gasteiger partial charge in [-0.1, -0.05) is 0 Å². The van der Waals surface area contributed by atoms with Crippen molar-refractivity contribution in [2.75, 3.05) is 5.32 Å². The van der Waals surface area contributed by atoms with Gasteiger partial charge in [-0.2, -0.15) is 0 Å². The first kappa shape index (κ1) is 12.0. The van der Waals surface area contributed by atoms with E-state index in [1.54, 1.807) is 22.7 Å². The number of hydrogen-bond donors (Lipinski definition) is 2. The summed E-state index contributed by atoms with van der Waals surface area (Å²) in [6.45, 7) is 2.11. The van der Waals surface area contributed by atoms with Gasteiger partial charge >= 0.3 is 0 Å². The number of rotatable bonds is 3. The van der Waals surface area contributed by atoms with Gasteiger partial charge in [-0.15, -0.1) is 35.3 Å². The molecular formula is C13H12N2S3. The van der Waals surface area contributed by atoms with Gasteiger partial charge in [0.1, 0.15) is 5.37 Å². The van der Waals surface area contributed by atoms with Crippen molar-refractivity contribution < 1.29 is 0 Å². The highest BCUT2D eigenvalue weighted by molar-refractivity contribution is 7.80. The summed E-state index contributed by atoms with van der Waals surface area (Å²) in [6.07, 6.45) is 0. The van der Waals surface area contributed by atoms with Gasteiger partial charge in [0.2, 0.25) is 0 Å². The molecule has 5 heteroatoms. The van der Waals surface area contributed by atoms with Crippen LogP contribution in [0, 0.1) is 6.92 Å². The molecule has 0 radical (unpaired) electrons. The predicted molar refractivity (Wildman–Crippen MR) is 84.0 cm³/mol. The van der Waals surface area contributed by atoms with Gasteiger partial charge in [-0.05, 0) is 37.3 Å². The molecule has 3 rings (SSSR count). The molecular weight excluding hydrogens is 280 g/mol. The minimum absolute atomic E-state index is 0.0362. The monoisotopic (exact) mass is 292 g/mol. The van der Waals surface area contributed by atoms with Crippen LogP contribution in [0.1, 0.15) is 15.1 Å². The first-order chi connectivity index (χ1) is 8.72. The Hall–Kier alpha value is -1.04. The van der Waals surface area contributed by atoms with E-state index < -0.39 is 0 Å². The summed E-state index contributed by atoms with van der Waals surface area (Å²) in [7, 11) is 0. The summed E-state index contributed by atoms with van der Waals surface area (Å²) in [4.78, 5) is 6.82. The van der Waals surface area contributed by atoms with Gasteiger partial charge in [-0.25, -0.2) is 4.98 Å². The molecule has 0 saturated carbocycles. The highest BCUT2D eigenvalue weighted by Crippen LogP contribution is 2.30. The fraction of sp³-hybridized carbons (Fsp3) is 0.154. The summed E-state index contributed by atoms with van der Waals surface area (Å²) in [6, 6.07) is 10.4. The molecule has 3 aromatic rings. The van der Waals surface area contributed by atoms with Crippen molar-refractivity contribution in [2.45, 2.75) is 12.3 Å². The van der Waals surface area contributed by atoms with Gasteiger partial charge in [0.05, 0.1) is 15.7 Å². The highest BCUT2D eigenvalue weighted by Gasteiger charge is 2.09. The fourth-order valence-electron chi connectivity index (χ4n) is 1.77. The van der Waals surface area contributed by atoms with Crippen LogP contribution in [0.2, 0.25) is 0 Å². The average Bonchev–Trinajstić information content (AvgIpc) is 2.96. The molecule has 18 heavy (non-hydrogen) atoms. The lowest BCUT2D eigenvalue weighted by atomic mass is 10.3. The lowest BCUT2D eigenvalue weighted by Crippen LogP contribution is -2.01. The molecule has 0 fully saturated rings. The predicted octanol–water partition coefficient (Wildman–Crippen LogP) is 4.71. The Balaban J connectivity index is 1.83. The fourth-order valence-corrected chi connectivity index (χ4v) is 3.70. The SMILES string of the molecule is Cc1ccc(C(S)Nc2ccc3ncsc3c2)s1. The smallest absolute Gasteiger partial charge is 0.104 e. The molecule has 0 aliphatic carbocycles. The maximum atomic E-state index is 4.61. The Morgan fingerprint density at radius 1 is 1.28 bits per heavy atom. The van der Waals surface area contributed by atoms with Crippen LogP contribution >= 0.6 is 35.3 Å². The van der Waals surface area contributed by atoms with Crippen LogP contribution in [-0.4, -0.2) is 4.98 Å². The zero-order valence-corrected chi connectivity index (χ0v) is 12.3. The van der Waals surface area contributed by atoms with E-state index in [4.69, 9.17) is 0 Å². The number of anilines is 1. The molecule has 2 nitrogen and oxygen atoms in total. The molecule has 0 spiro atoms. The van der Waals surface area contributed by atoms with E-state index in [1.165, 1.54) is 14.5 Å². The van der Waals surface area contributed by atoms with Gasteiger partial charge in [0.25, 0.3) is 0 Å². The lowest BCUT2D eigenvalue weighted by molar-refractivity contribution is 1.17. The average molecular weight is 292 g/mol. The summed E-state index contributed by atoms with van der Waals surface area (Å²) in [5.41, 5.74) is 4.00. The number of thiol groups is 1. The summed E-state index contributed by atoms with van der Waals surface area (Å²) < 4.78 is 1.20. The first-order valence-electron chi connectivity index (χ1n) is 5.56. The van der Waals surface area contributed by atoms with Crippen LogP contribution in [-0.2, 0) is 0 Å². The molecule has 0 saturated heterocycles. The van der Waals surface area contributed by atoms with Crippen molar-refractivity contribution >= 4 is 51.2 Å². The van der Waals surface area contributed by atoms with Crippen LogP contribution in [0.15, 0.2) is 35.8 Å². The molecule has 0 bridgehead atoms. The molecule has 92 valence electrons. The Labute approximate surface area is 119 Å². The minimum atomic E-state index is 0.0362. The van der Waals surface area contributed by atoms with Crippen molar-refractivity contribution in [2.24, 2.45) is 0 Å². The Bertz CT molecular complexity index is 671. The van der Waals surface area contributed by atoms with Crippen molar-refractivity contribution in [1.82, 2.24) is 4.98 Å². The number of thiophene rings is 1. The number of aryl methyl sites for hydroxylation is 1. The van der Waals surface area contributed by atoms with E-state index in [0.717, 1.165) is 11.2 Å². The summed E-state index contributed by atoms with van der Waals surface area (Å²) in [5, 5.41) is 3.44. The summed E-state index contributed by atoms with van der Waals surface area (Å²) in [5.74, 6) is 0. The quantitative estimate of drug-likeness (QED) is 0.540. The molecule has 0 amide bonds. The van der Waals surface area contributed by atoms with E-state index in [1.807, 2.05) is 17.6 Å². The largest absolute Gasteiger partial charge is 0.369 e. The third kappa shape index (κ3) is 2.39. The molecule has 1 N–H and O–H groups in total. The van der Waals surface area contributed by atoms with Crippen molar-refractivity contribution in [3.63, 3.8) is 0 Å². The summed E-state index contributed by atoms with van der Waals surface area (Å²) >= 11 is 8.04. The second kappa shape index (κ2) is 4.91. The van der Waals surface area contributed by atoms with E-state index >= 15 is 0 Å². The van der Waals surface area contributed by atoms with Gasteiger partial charge in [-0.3, -0.25) is 0 Å². The minimum Gasteiger partial charge on any atom is -0.369 e. The second-order valence-electron chi connectivity index (χ2n) is 4.03. The topological polar surface area (TPSA) is 24.9 Å². The maximum Gasteiger partial charge on any atom is 0.104 e. The highest BCUT2D eigenvalue weighted by atomic mass is 32.1. The third-order valence-corrected chi connectivity index (χ3v) is 5.10. The van der Waals surface area contributed by atoms with Gasteiger partial charge in [0.15, 0.2) is 0 Å². The number of nitrogens with one attached hydrogen (secondary N) is 1. The van der Waals surface area contributed by atoms with Gasteiger partial charge in [0, 0.05) is 15.4 Å². The van der Waals surface area contributed by atoms with Crippen LogP contribution in [0.4, 0.5) is 5.69 Å². The molecule has 1 atom stereocenters. The van der Waals surface area contributed by atoms with E-state index in [0.29, 0.717) is 0 Å². The number of nitrogens with zero attached hydrogens (tertiary/aromatic N) is 1. The lowest BCUT2D eigenvalue weighted by Gasteiger charge is -2.12. The Kier molecular flexibility index (Phi) is 3.28. The molecule has 1 aromatic carbocycles.